The molecule has 0 radical (unpaired) electrons. The maximum atomic E-state index is 13.7. The minimum absolute atomic E-state index is 0.0137. The van der Waals surface area contributed by atoms with E-state index in [4.69, 9.17) is 9.47 Å². The number of nitro groups is 1. The van der Waals surface area contributed by atoms with Gasteiger partial charge in [0.15, 0.2) is 5.78 Å². The summed E-state index contributed by atoms with van der Waals surface area (Å²) < 4.78 is 10.5. The molecule has 1 heterocycles. The van der Waals surface area contributed by atoms with Crippen molar-refractivity contribution in [2.45, 2.75) is 32.8 Å². The van der Waals surface area contributed by atoms with E-state index in [1.54, 1.807) is 19.9 Å². The number of Topliss-reactive ketones (excluding diaryl/α,β-unsaturated/α-hetero) is 1. The number of nitro benzene ring substituents is 1. The van der Waals surface area contributed by atoms with Gasteiger partial charge in [-0.25, -0.2) is 4.79 Å². The van der Waals surface area contributed by atoms with Gasteiger partial charge < -0.3 is 14.8 Å². The molecule has 2 aromatic rings. The van der Waals surface area contributed by atoms with Crippen molar-refractivity contribution in [3.05, 3.63) is 98.4 Å². The van der Waals surface area contributed by atoms with Crippen molar-refractivity contribution in [3.8, 4) is 0 Å². The van der Waals surface area contributed by atoms with E-state index in [0.29, 0.717) is 23.4 Å². The molecule has 1 N–H and O–H groups in total. The predicted molar refractivity (Wildman–Crippen MR) is 129 cm³/mol. The molecule has 0 bridgehead atoms. The van der Waals surface area contributed by atoms with Crippen molar-refractivity contribution in [2.75, 3.05) is 7.11 Å². The summed E-state index contributed by atoms with van der Waals surface area (Å²) in [5.41, 5.74) is 2.45. The van der Waals surface area contributed by atoms with Gasteiger partial charge in [0.2, 0.25) is 0 Å². The Hall–Kier alpha value is -4.27. The summed E-state index contributed by atoms with van der Waals surface area (Å²) in [4.78, 5) is 50.6. The Bertz CT molecular complexity index is 1300. The lowest BCUT2D eigenvalue weighted by atomic mass is 9.69. The Labute approximate surface area is 207 Å². The number of non-ortho nitro benzene ring substituents is 1. The van der Waals surface area contributed by atoms with Crippen LogP contribution in [-0.4, -0.2) is 29.8 Å². The molecule has 1 aliphatic heterocycles. The van der Waals surface area contributed by atoms with Crippen molar-refractivity contribution >= 4 is 23.4 Å². The first-order chi connectivity index (χ1) is 17.2. The molecule has 4 rings (SSSR count). The SMILES string of the molecule is COC(=O)[C@H]1C(=O)C2=C(C[C@H]1C)NC(C)=C(C(=O)OCc1ccccc1)[C@@H]2c1cccc([N+](=O)[O-])c1. The number of methoxy groups -OCH3 is 1. The van der Waals surface area contributed by atoms with Gasteiger partial charge in [-0.2, -0.15) is 0 Å². The number of dihydropyridines is 1. The van der Waals surface area contributed by atoms with E-state index in [1.165, 1.54) is 25.3 Å². The summed E-state index contributed by atoms with van der Waals surface area (Å²) in [6, 6.07) is 15.0. The third kappa shape index (κ3) is 4.64. The molecular weight excluding hydrogens is 464 g/mol. The smallest absolute Gasteiger partial charge is 0.337 e. The third-order valence-electron chi connectivity index (χ3n) is 6.59. The Morgan fingerprint density at radius 1 is 1.14 bits per heavy atom. The zero-order valence-corrected chi connectivity index (χ0v) is 20.1. The number of allylic oxidation sites excluding steroid dienone is 3. The van der Waals surface area contributed by atoms with Crippen LogP contribution in [0.25, 0.3) is 0 Å². The molecule has 0 unspecified atom stereocenters. The van der Waals surface area contributed by atoms with Gasteiger partial charge in [0, 0.05) is 35.0 Å². The number of nitrogens with zero attached hydrogens (tertiary/aromatic N) is 1. The van der Waals surface area contributed by atoms with Crippen LogP contribution in [0, 0.1) is 22.0 Å². The van der Waals surface area contributed by atoms with E-state index in [1.807, 2.05) is 30.3 Å². The highest BCUT2D eigenvalue weighted by molar-refractivity contribution is 6.12. The lowest BCUT2D eigenvalue weighted by molar-refractivity contribution is -0.384. The number of nitrogens with one attached hydrogen (secondary N) is 1. The lowest BCUT2D eigenvalue weighted by Crippen LogP contribution is -2.43. The van der Waals surface area contributed by atoms with E-state index in [2.05, 4.69) is 5.32 Å². The second kappa shape index (κ2) is 10.2. The molecule has 2 aliphatic rings. The van der Waals surface area contributed by atoms with E-state index in [9.17, 15) is 24.5 Å². The molecule has 0 saturated carbocycles. The highest BCUT2D eigenvalue weighted by atomic mass is 16.6. The van der Waals surface area contributed by atoms with Crippen molar-refractivity contribution in [1.29, 1.82) is 0 Å². The van der Waals surface area contributed by atoms with E-state index in [0.717, 1.165) is 5.56 Å². The van der Waals surface area contributed by atoms with E-state index >= 15 is 0 Å². The molecule has 1 aliphatic carbocycles. The van der Waals surface area contributed by atoms with Gasteiger partial charge in [0.1, 0.15) is 12.5 Å². The van der Waals surface area contributed by atoms with Gasteiger partial charge in [-0.1, -0.05) is 49.4 Å². The molecule has 3 atom stereocenters. The summed E-state index contributed by atoms with van der Waals surface area (Å²) in [6.45, 7) is 3.50. The second-order valence-electron chi connectivity index (χ2n) is 8.95. The summed E-state index contributed by atoms with van der Waals surface area (Å²) in [5.74, 6) is -4.11. The first kappa shape index (κ1) is 24.8. The minimum atomic E-state index is -1.04. The van der Waals surface area contributed by atoms with E-state index in [-0.39, 0.29) is 29.4 Å². The predicted octanol–water partition coefficient (Wildman–Crippen LogP) is 3.95. The molecule has 36 heavy (non-hydrogen) atoms. The van der Waals surface area contributed by atoms with Crippen LogP contribution < -0.4 is 5.32 Å². The van der Waals surface area contributed by atoms with Gasteiger partial charge in [0.05, 0.1) is 17.6 Å². The fraction of sp³-hybridized carbons (Fsp3) is 0.296. The Kier molecular flexibility index (Phi) is 7.00. The molecule has 0 spiro atoms. The molecule has 0 saturated heterocycles. The Morgan fingerprint density at radius 2 is 1.86 bits per heavy atom. The normalized spacial score (nSPS) is 21.4. The molecule has 2 aromatic carbocycles. The quantitative estimate of drug-likeness (QED) is 0.279. The van der Waals surface area contributed by atoms with Gasteiger partial charge >= 0.3 is 11.9 Å². The highest BCUT2D eigenvalue weighted by Crippen LogP contribution is 2.46. The van der Waals surface area contributed by atoms with Crippen LogP contribution >= 0.6 is 0 Å². The summed E-state index contributed by atoms with van der Waals surface area (Å²) in [5, 5.41) is 14.7. The molecular formula is C27H26N2O7. The monoisotopic (exact) mass is 490 g/mol. The molecule has 0 fully saturated rings. The number of ketones is 1. The van der Waals surface area contributed by atoms with Crippen molar-refractivity contribution in [3.63, 3.8) is 0 Å². The zero-order valence-electron chi connectivity index (χ0n) is 20.1. The van der Waals surface area contributed by atoms with Crippen molar-refractivity contribution in [1.82, 2.24) is 5.32 Å². The topological polar surface area (TPSA) is 125 Å². The average Bonchev–Trinajstić information content (AvgIpc) is 2.86. The van der Waals surface area contributed by atoms with E-state index < -0.39 is 34.5 Å². The first-order valence-electron chi connectivity index (χ1n) is 11.5. The van der Waals surface area contributed by atoms with Crippen molar-refractivity contribution in [2.24, 2.45) is 11.8 Å². The molecule has 0 amide bonds. The van der Waals surface area contributed by atoms with Crippen LogP contribution in [0.2, 0.25) is 0 Å². The largest absolute Gasteiger partial charge is 0.468 e. The molecule has 186 valence electrons. The van der Waals surface area contributed by atoms with Gasteiger partial charge in [-0.15, -0.1) is 0 Å². The number of hydrogen-bond acceptors (Lipinski definition) is 8. The van der Waals surface area contributed by atoms with Crippen LogP contribution in [0.1, 0.15) is 37.3 Å². The number of ether oxygens (including phenoxy) is 2. The Balaban J connectivity index is 1.80. The standard InChI is InChI=1S/C27H26N2O7/c1-15-12-20-24(25(30)21(15)26(31)35-3)23(18-10-7-11-19(13-18)29(33)34)22(16(2)28-20)27(32)36-14-17-8-5-4-6-9-17/h4-11,13,15,21,23,28H,12,14H2,1-3H3/t15-,21-,23+/m1/s1. The maximum absolute atomic E-state index is 13.7. The number of rotatable bonds is 6. The highest BCUT2D eigenvalue weighted by Gasteiger charge is 2.47. The molecule has 9 heteroatoms. The lowest BCUT2D eigenvalue weighted by Gasteiger charge is -2.38. The summed E-state index contributed by atoms with van der Waals surface area (Å²) >= 11 is 0. The van der Waals surface area contributed by atoms with Gasteiger partial charge in [-0.3, -0.25) is 19.7 Å². The minimum Gasteiger partial charge on any atom is -0.468 e. The molecule has 9 nitrogen and oxygen atoms in total. The van der Waals surface area contributed by atoms with Crippen molar-refractivity contribution < 1.29 is 28.8 Å². The summed E-state index contributed by atoms with van der Waals surface area (Å²) in [6.07, 6.45) is 0.371. The summed E-state index contributed by atoms with van der Waals surface area (Å²) in [7, 11) is 1.22. The number of carbonyl (C=O) groups is 3. The fourth-order valence-corrected chi connectivity index (χ4v) is 4.90. The second-order valence-corrected chi connectivity index (χ2v) is 8.95. The van der Waals surface area contributed by atoms with Gasteiger partial charge in [-0.05, 0) is 30.4 Å². The number of esters is 2. The fourth-order valence-electron chi connectivity index (χ4n) is 4.90. The number of carbonyl (C=O) groups excluding carboxylic acids is 3. The molecule has 0 aromatic heterocycles. The number of benzene rings is 2. The van der Waals surface area contributed by atoms with Gasteiger partial charge in [0.25, 0.3) is 5.69 Å². The zero-order chi connectivity index (χ0) is 26.0. The van der Waals surface area contributed by atoms with Crippen LogP contribution in [-0.2, 0) is 30.5 Å². The maximum Gasteiger partial charge on any atom is 0.337 e. The van der Waals surface area contributed by atoms with Crippen LogP contribution in [0.4, 0.5) is 5.69 Å². The van der Waals surface area contributed by atoms with Crippen LogP contribution in [0.5, 0.6) is 0 Å². The average molecular weight is 491 g/mol. The third-order valence-corrected chi connectivity index (χ3v) is 6.59. The Morgan fingerprint density at radius 3 is 2.53 bits per heavy atom. The van der Waals surface area contributed by atoms with Crippen LogP contribution in [0.3, 0.4) is 0 Å². The first-order valence-corrected chi connectivity index (χ1v) is 11.5. The number of hydrogen-bond donors (Lipinski definition) is 1. The van der Waals surface area contributed by atoms with Crippen LogP contribution in [0.15, 0.2) is 77.1 Å².